The molecule has 0 saturated heterocycles. The smallest absolute Gasteiger partial charge is 0.227 e. The maximum atomic E-state index is 11.0. The van der Waals surface area contributed by atoms with Gasteiger partial charge in [-0.05, 0) is 70.0 Å². The summed E-state index contributed by atoms with van der Waals surface area (Å²) in [5, 5.41) is 11.0. The summed E-state index contributed by atoms with van der Waals surface area (Å²) in [6.07, 6.45) is 1.68. The number of hydrogen-bond acceptors (Lipinski definition) is 5. The Morgan fingerprint density at radius 1 is 0.596 bits per heavy atom. The van der Waals surface area contributed by atoms with Crippen molar-refractivity contribution >= 4 is 11.9 Å². The first-order valence-corrected chi connectivity index (χ1v) is 18.0. The van der Waals surface area contributed by atoms with Crippen molar-refractivity contribution in [1.82, 2.24) is 9.97 Å². The highest BCUT2D eigenvalue weighted by Crippen LogP contribution is 2.36. The molecule has 5 aromatic carbocycles. The first-order valence-electron chi connectivity index (χ1n) is 18.0. The minimum absolute atomic E-state index is 0.333. The number of rotatable bonds is 11. The van der Waals surface area contributed by atoms with Gasteiger partial charge in [0, 0.05) is 23.1 Å². The van der Waals surface area contributed by atoms with E-state index in [1.165, 1.54) is 11.1 Å². The molecule has 0 aliphatic rings. The summed E-state index contributed by atoms with van der Waals surface area (Å²) < 4.78 is 6.49. The van der Waals surface area contributed by atoms with Crippen LogP contribution in [0.25, 0.3) is 45.2 Å². The van der Waals surface area contributed by atoms with Gasteiger partial charge in [0.25, 0.3) is 0 Å². The Bertz CT molecular complexity index is 2260. The number of pyridine rings is 1. The van der Waals surface area contributed by atoms with Gasteiger partial charge in [0.1, 0.15) is 5.69 Å². The fourth-order valence-electron chi connectivity index (χ4n) is 6.53. The molecule has 2 heterocycles. The minimum Gasteiger partial charge on any atom is -0.435 e. The normalized spacial score (nSPS) is 12.2. The molecule has 0 spiro atoms. The third-order valence-electron chi connectivity index (χ3n) is 9.36. The van der Waals surface area contributed by atoms with Crippen LogP contribution < -0.4 is 0 Å². The van der Waals surface area contributed by atoms with Gasteiger partial charge in [-0.2, -0.15) is 0 Å². The second-order valence-corrected chi connectivity index (χ2v) is 13.8. The average molecular weight is 682 g/mol. The van der Waals surface area contributed by atoms with Gasteiger partial charge in [-0.1, -0.05) is 143 Å². The van der Waals surface area contributed by atoms with Crippen molar-refractivity contribution in [3.8, 4) is 45.2 Å². The van der Waals surface area contributed by atoms with Crippen LogP contribution in [0.5, 0.6) is 0 Å². The number of aliphatic hydroxyl groups is 1. The summed E-state index contributed by atoms with van der Waals surface area (Å²) in [7, 11) is 0. The van der Waals surface area contributed by atoms with Gasteiger partial charge < -0.3 is 9.52 Å². The van der Waals surface area contributed by atoms with Crippen LogP contribution in [-0.4, -0.2) is 21.3 Å². The molecular formula is C47H43N3O2. The van der Waals surface area contributed by atoms with E-state index in [9.17, 15) is 5.11 Å². The SMILES string of the molecule is CC(C)c1cccc(C(C)C)c1N=Cc1nc(-c2ccccc2)oc1-c1ccc(-c2cccc(-c3cccc(C(O)Cc4ccccc4)n3)c2)cc1. The second kappa shape index (κ2) is 15.5. The Morgan fingerprint density at radius 2 is 1.19 bits per heavy atom. The monoisotopic (exact) mass is 681 g/mol. The molecule has 0 saturated carbocycles. The summed E-state index contributed by atoms with van der Waals surface area (Å²) in [5.74, 6) is 1.89. The summed E-state index contributed by atoms with van der Waals surface area (Å²) in [4.78, 5) is 14.9. The number of benzene rings is 5. The maximum Gasteiger partial charge on any atom is 0.227 e. The lowest BCUT2D eigenvalue weighted by Crippen LogP contribution is -2.04. The second-order valence-electron chi connectivity index (χ2n) is 13.8. The number of oxazole rings is 1. The predicted molar refractivity (Wildman–Crippen MR) is 213 cm³/mol. The highest BCUT2D eigenvalue weighted by Gasteiger charge is 2.18. The molecule has 0 bridgehead atoms. The molecular weight excluding hydrogens is 639 g/mol. The molecule has 1 N–H and O–H groups in total. The fraction of sp³-hybridized carbons (Fsp3) is 0.170. The topological polar surface area (TPSA) is 71.5 Å². The molecule has 1 atom stereocenters. The van der Waals surface area contributed by atoms with E-state index >= 15 is 0 Å². The zero-order valence-corrected chi connectivity index (χ0v) is 30.1. The van der Waals surface area contributed by atoms with Crippen molar-refractivity contribution in [3.05, 3.63) is 174 Å². The van der Waals surface area contributed by atoms with E-state index in [0.717, 1.165) is 44.8 Å². The van der Waals surface area contributed by atoms with Gasteiger partial charge >= 0.3 is 0 Å². The van der Waals surface area contributed by atoms with Gasteiger partial charge in [0.05, 0.1) is 29.4 Å². The van der Waals surface area contributed by atoms with Gasteiger partial charge in [-0.15, -0.1) is 0 Å². The number of hydrogen-bond donors (Lipinski definition) is 1. The van der Waals surface area contributed by atoms with Crippen LogP contribution in [0.2, 0.25) is 0 Å². The van der Waals surface area contributed by atoms with E-state index in [-0.39, 0.29) is 0 Å². The van der Waals surface area contributed by atoms with Gasteiger partial charge in [0.2, 0.25) is 5.89 Å². The van der Waals surface area contributed by atoms with Crippen LogP contribution in [-0.2, 0) is 6.42 Å². The Hall–Kier alpha value is -5.91. The highest BCUT2D eigenvalue weighted by molar-refractivity contribution is 5.89. The van der Waals surface area contributed by atoms with Crippen molar-refractivity contribution in [2.75, 3.05) is 0 Å². The Kier molecular flexibility index (Phi) is 10.3. The van der Waals surface area contributed by atoms with Crippen molar-refractivity contribution in [3.63, 3.8) is 0 Å². The molecule has 1 unspecified atom stereocenters. The molecule has 2 aromatic heterocycles. The lowest BCUT2D eigenvalue weighted by Gasteiger charge is -2.16. The number of para-hydroxylation sites is 1. The van der Waals surface area contributed by atoms with E-state index in [0.29, 0.717) is 41.3 Å². The molecule has 0 fully saturated rings. The van der Waals surface area contributed by atoms with E-state index in [1.807, 2.05) is 91.1 Å². The van der Waals surface area contributed by atoms with Crippen molar-refractivity contribution < 1.29 is 9.52 Å². The molecule has 7 aromatic rings. The van der Waals surface area contributed by atoms with Crippen molar-refractivity contribution in [1.29, 1.82) is 0 Å². The lowest BCUT2D eigenvalue weighted by atomic mass is 9.93. The van der Waals surface area contributed by atoms with Crippen LogP contribution in [0.1, 0.15) is 73.7 Å². The molecule has 0 aliphatic heterocycles. The highest BCUT2D eigenvalue weighted by atomic mass is 16.4. The van der Waals surface area contributed by atoms with Crippen LogP contribution in [0, 0.1) is 0 Å². The van der Waals surface area contributed by atoms with Gasteiger partial charge in [0.15, 0.2) is 5.76 Å². The van der Waals surface area contributed by atoms with E-state index < -0.39 is 6.10 Å². The molecule has 0 aliphatic carbocycles. The molecule has 5 nitrogen and oxygen atoms in total. The van der Waals surface area contributed by atoms with E-state index in [2.05, 4.69) is 88.4 Å². The molecule has 0 amide bonds. The molecule has 7 rings (SSSR count). The molecule has 5 heteroatoms. The Labute approximate surface area is 306 Å². The first-order chi connectivity index (χ1) is 25.3. The molecule has 52 heavy (non-hydrogen) atoms. The average Bonchev–Trinajstić information content (AvgIpc) is 3.62. The van der Waals surface area contributed by atoms with E-state index in [4.69, 9.17) is 19.4 Å². The zero-order chi connectivity index (χ0) is 36.0. The Balaban J connectivity index is 1.19. The summed E-state index contributed by atoms with van der Waals surface area (Å²) >= 11 is 0. The van der Waals surface area contributed by atoms with Crippen LogP contribution in [0.4, 0.5) is 5.69 Å². The number of aliphatic hydroxyl groups excluding tert-OH is 1. The quantitative estimate of drug-likeness (QED) is 0.138. The maximum absolute atomic E-state index is 11.0. The third-order valence-corrected chi connectivity index (χ3v) is 9.36. The molecule has 0 radical (unpaired) electrons. The van der Waals surface area contributed by atoms with Crippen molar-refractivity contribution in [2.45, 2.75) is 52.1 Å². The number of aromatic nitrogens is 2. The largest absolute Gasteiger partial charge is 0.435 e. The summed E-state index contributed by atoms with van der Waals surface area (Å²) in [6, 6.07) is 49.0. The van der Waals surface area contributed by atoms with Gasteiger partial charge in [-0.25, -0.2) is 4.98 Å². The third kappa shape index (κ3) is 7.70. The first kappa shape index (κ1) is 34.5. The number of aliphatic imine (C=N–C) groups is 1. The van der Waals surface area contributed by atoms with Crippen LogP contribution in [0.3, 0.4) is 0 Å². The number of nitrogens with zero attached hydrogens (tertiary/aromatic N) is 3. The van der Waals surface area contributed by atoms with Crippen LogP contribution in [0.15, 0.2) is 155 Å². The van der Waals surface area contributed by atoms with Gasteiger partial charge in [-0.3, -0.25) is 9.98 Å². The molecule has 258 valence electrons. The lowest BCUT2D eigenvalue weighted by molar-refractivity contribution is 0.174. The van der Waals surface area contributed by atoms with Crippen LogP contribution >= 0.6 is 0 Å². The summed E-state index contributed by atoms with van der Waals surface area (Å²) in [6.45, 7) is 8.82. The fourth-order valence-corrected chi connectivity index (χ4v) is 6.53. The Morgan fingerprint density at radius 3 is 1.88 bits per heavy atom. The van der Waals surface area contributed by atoms with Crippen molar-refractivity contribution in [2.24, 2.45) is 4.99 Å². The standard InChI is InChI=1S/C47H43N3O2/c1-31(2)39-20-12-21-40(32(3)4)45(39)48-30-43-46(52-47(50-43)36-16-9-6-10-17-36)35-26-24-34(25-27-35)37-18-11-19-38(29-37)41-22-13-23-42(49-41)44(51)28-33-14-7-5-8-15-33/h5-27,29-32,44,51H,28H2,1-4H3. The minimum atomic E-state index is -0.686. The predicted octanol–water partition coefficient (Wildman–Crippen LogP) is 12.0. The van der Waals surface area contributed by atoms with E-state index in [1.54, 1.807) is 0 Å². The summed E-state index contributed by atoms with van der Waals surface area (Å²) in [5.41, 5.74) is 11.6. The zero-order valence-electron chi connectivity index (χ0n) is 30.1.